The molecule has 4 rings (SSSR count). The Morgan fingerprint density at radius 2 is 1.16 bits per heavy atom. The van der Waals surface area contributed by atoms with Gasteiger partial charge < -0.3 is 20.4 Å². The first-order chi connectivity index (χ1) is 18.0. The summed E-state index contributed by atoms with van der Waals surface area (Å²) < 4.78 is 0. The summed E-state index contributed by atoms with van der Waals surface area (Å²) in [5.74, 6) is 0. The highest BCUT2D eigenvalue weighted by Gasteiger charge is 2.31. The summed E-state index contributed by atoms with van der Waals surface area (Å²) in [6.07, 6.45) is 4.99. The van der Waals surface area contributed by atoms with Crippen molar-refractivity contribution in [3.05, 3.63) is 70.8 Å². The van der Waals surface area contributed by atoms with Crippen LogP contribution in [0, 0.1) is 13.8 Å². The van der Waals surface area contributed by atoms with Crippen LogP contribution in [0.4, 0.5) is 0 Å². The van der Waals surface area contributed by atoms with Crippen LogP contribution in [0.1, 0.15) is 89.5 Å². The quantitative estimate of drug-likeness (QED) is 0.406. The molecule has 2 aliphatic heterocycles. The molecule has 2 fully saturated rings. The van der Waals surface area contributed by atoms with Crippen LogP contribution in [0.2, 0.25) is 0 Å². The maximum Gasteiger partial charge on any atom is 0.0213 e. The molecule has 0 saturated carbocycles. The van der Waals surface area contributed by atoms with E-state index in [9.17, 15) is 0 Å². The number of nitrogens with one attached hydrogen (secondary N) is 2. The van der Waals surface area contributed by atoms with Gasteiger partial charge in [0.15, 0.2) is 0 Å². The van der Waals surface area contributed by atoms with E-state index in [1.807, 2.05) is 0 Å². The van der Waals surface area contributed by atoms with Gasteiger partial charge in [-0.05, 0) is 97.8 Å². The molecule has 2 heterocycles. The second-order valence-electron chi connectivity index (χ2n) is 13.0. The Kier molecular flexibility index (Phi) is 11.4. The zero-order valence-corrected chi connectivity index (χ0v) is 25.7. The average molecular weight is 521 g/mol. The van der Waals surface area contributed by atoms with E-state index in [-0.39, 0.29) is 0 Å². The third kappa shape index (κ3) is 9.48. The molecule has 2 aromatic carbocycles. The van der Waals surface area contributed by atoms with Crippen LogP contribution in [0.25, 0.3) is 0 Å². The van der Waals surface area contributed by atoms with Gasteiger partial charge in [-0.3, -0.25) is 0 Å². The molecule has 0 radical (unpaired) electrons. The lowest BCUT2D eigenvalue weighted by Crippen LogP contribution is -2.52. The van der Waals surface area contributed by atoms with Crippen LogP contribution < -0.4 is 10.6 Å². The minimum absolute atomic E-state index is 0.293. The fourth-order valence-electron chi connectivity index (χ4n) is 5.63. The van der Waals surface area contributed by atoms with Crippen molar-refractivity contribution in [1.82, 2.24) is 20.4 Å². The largest absolute Gasteiger partial charge is 0.307 e. The molecule has 2 saturated heterocycles. The summed E-state index contributed by atoms with van der Waals surface area (Å²) in [5.41, 5.74) is 6.17. The van der Waals surface area contributed by atoms with E-state index in [4.69, 9.17) is 0 Å². The van der Waals surface area contributed by atoms with Gasteiger partial charge in [-0.15, -0.1) is 0 Å². The molecule has 0 unspecified atom stereocenters. The monoisotopic (exact) mass is 520 g/mol. The van der Waals surface area contributed by atoms with Crippen molar-refractivity contribution in [3.8, 4) is 0 Å². The molecular weight excluding hydrogens is 464 g/mol. The topological polar surface area (TPSA) is 30.5 Å². The lowest BCUT2D eigenvalue weighted by Gasteiger charge is -2.42. The molecule has 4 nitrogen and oxygen atoms in total. The van der Waals surface area contributed by atoms with Crippen LogP contribution >= 0.6 is 0 Å². The van der Waals surface area contributed by atoms with Gasteiger partial charge in [-0.1, -0.05) is 54.1 Å². The number of hydrogen-bond donors (Lipinski definition) is 2. The number of rotatable bonds is 8. The normalized spacial score (nSPS) is 19.8. The van der Waals surface area contributed by atoms with Crippen molar-refractivity contribution in [3.63, 3.8) is 0 Å². The third-order valence-electron chi connectivity index (χ3n) is 9.04. The van der Waals surface area contributed by atoms with Crippen molar-refractivity contribution >= 4 is 0 Å². The zero-order chi connectivity index (χ0) is 27.8. The standard InChI is InChI=1S/C18H30N2.C16H26N2/c1-14(2)20-10-8-18(5,9-11-20)19-13-17-12-15(3)6-7-16(17)4;1-14(2)18-11-9-16(3,10-12-18)17-13-15-7-5-4-6-8-15/h6-7,12,14,19H,8-11,13H2,1-5H3;4-8,14,17H,9-13H2,1-3H3. The summed E-state index contributed by atoms with van der Waals surface area (Å²) >= 11 is 0. The van der Waals surface area contributed by atoms with Crippen molar-refractivity contribution in [2.45, 2.75) is 117 Å². The Balaban J connectivity index is 0.000000212. The highest BCUT2D eigenvalue weighted by atomic mass is 15.2. The summed E-state index contributed by atoms with van der Waals surface area (Å²) in [5, 5.41) is 7.56. The highest BCUT2D eigenvalue weighted by molar-refractivity contribution is 5.30. The summed E-state index contributed by atoms with van der Waals surface area (Å²) in [6, 6.07) is 18.8. The number of benzene rings is 2. The van der Waals surface area contributed by atoms with E-state index in [1.165, 1.54) is 74.1 Å². The van der Waals surface area contributed by atoms with Crippen molar-refractivity contribution < 1.29 is 0 Å². The Hall–Kier alpha value is -1.72. The number of piperidine rings is 2. The molecule has 0 aromatic heterocycles. The van der Waals surface area contributed by atoms with E-state index >= 15 is 0 Å². The van der Waals surface area contributed by atoms with Gasteiger partial charge >= 0.3 is 0 Å². The smallest absolute Gasteiger partial charge is 0.0213 e. The molecule has 212 valence electrons. The second-order valence-corrected chi connectivity index (χ2v) is 13.0. The van der Waals surface area contributed by atoms with Crippen LogP contribution in [0.15, 0.2) is 48.5 Å². The lowest BCUT2D eigenvalue weighted by molar-refractivity contribution is 0.118. The molecule has 0 spiro atoms. The molecule has 0 aliphatic carbocycles. The second kappa shape index (κ2) is 14.1. The van der Waals surface area contributed by atoms with E-state index in [0.29, 0.717) is 23.2 Å². The molecule has 2 aromatic rings. The van der Waals surface area contributed by atoms with Crippen molar-refractivity contribution in [2.75, 3.05) is 26.2 Å². The lowest BCUT2D eigenvalue weighted by atomic mass is 9.88. The predicted octanol–water partition coefficient (Wildman–Crippen LogP) is 6.70. The van der Waals surface area contributed by atoms with E-state index in [0.717, 1.165) is 13.1 Å². The van der Waals surface area contributed by atoms with Crippen molar-refractivity contribution in [1.29, 1.82) is 0 Å². The number of likely N-dealkylation sites (tertiary alicyclic amines) is 2. The molecule has 0 bridgehead atoms. The maximum atomic E-state index is 3.82. The molecule has 38 heavy (non-hydrogen) atoms. The van der Waals surface area contributed by atoms with Crippen LogP contribution in [-0.2, 0) is 13.1 Å². The molecular formula is C34H56N4. The average Bonchev–Trinajstić information content (AvgIpc) is 2.90. The van der Waals surface area contributed by atoms with Gasteiger partial charge in [0.25, 0.3) is 0 Å². The van der Waals surface area contributed by atoms with Gasteiger partial charge in [0, 0.05) is 62.4 Å². The third-order valence-corrected chi connectivity index (χ3v) is 9.04. The fraction of sp³-hybridized carbons (Fsp3) is 0.647. The molecule has 0 amide bonds. The van der Waals surface area contributed by atoms with Crippen LogP contribution in [0.3, 0.4) is 0 Å². The summed E-state index contributed by atoms with van der Waals surface area (Å²) in [6.45, 7) is 25.2. The number of aryl methyl sites for hydroxylation is 2. The molecule has 2 aliphatic rings. The predicted molar refractivity (Wildman–Crippen MR) is 165 cm³/mol. The van der Waals surface area contributed by atoms with Gasteiger partial charge in [0.2, 0.25) is 0 Å². The van der Waals surface area contributed by atoms with E-state index < -0.39 is 0 Å². The Labute approximate surface area is 234 Å². The van der Waals surface area contributed by atoms with Gasteiger partial charge in [-0.2, -0.15) is 0 Å². The first kappa shape index (κ1) is 30.8. The zero-order valence-electron chi connectivity index (χ0n) is 25.7. The first-order valence-corrected chi connectivity index (χ1v) is 15.1. The Morgan fingerprint density at radius 1 is 0.684 bits per heavy atom. The van der Waals surface area contributed by atoms with Crippen LogP contribution in [-0.4, -0.2) is 59.1 Å². The number of hydrogen-bond acceptors (Lipinski definition) is 4. The molecule has 4 heteroatoms. The first-order valence-electron chi connectivity index (χ1n) is 15.1. The fourth-order valence-corrected chi connectivity index (χ4v) is 5.63. The SMILES string of the molecule is CC(C)N1CCC(C)(NCc2ccccc2)CC1.Cc1ccc(C)c(CNC2(C)CCN(C(C)C)CC2)c1. The summed E-state index contributed by atoms with van der Waals surface area (Å²) in [4.78, 5) is 5.16. The molecule has 0 atom stereocenters. The van der Waals surface area contributed by atoms with Crippen LogP contribution in [0.5, 0.6) is 0 Å². The maximum absolute atomic E-state index is 3.82. The van der Waals surface area contributed by atoms with E-state index in [1.54, 1.807) is 0 Å². The Morgan fingerprint density at radius 3 is 1.63 bits per heavy atom. The van der Waals surface area contributed by atoms with Gasteiger partial charge in [-0.25, -0.2) is 0 Å². The van der Waals surface area contributed by atoms with Crippen molar-refractivity contribution in [2.24, 2.45) is 0 Å². The summed E-state index contributed by atoms with van der Waals surface area (Å²) in [7, 11) is 0. The minimum atomic E-state index is 0.293. The van der Waals surface area contributed by atoms with Gasteiger partial charge in [0.1, 0.15) is 0 Å². The molecule has 2 N–H and O–H groups in total. The van der Waals surface area contributed by atoms with E-state index in [2.05, 4.69) is 124 Å². The highest BCUT2D eigenvalue weighted by Crippen LogP contribution is 2.25. The van der Waals surface area contributed by atoms with Gasteiger partial charge in [0.05, 0.1) is 0 Å². The number of nitrogens with zero attached hydrogens (tertiary/aromatic N) is 2. The minimum Gasteiger partial charge on any atom is -0.307 e. The Bertz CT molecular complexity index is 952.